The van der Waals surface area contributed by atoms with Crippen LogP contribution in [0.25, 0.3) is 0 Å². The summed E-state index contributed by atoms with van der Waals surface area (Å²) in [5.74, 6) is -1.83. The third-order valence-corrected chi connectivity index (χ3v) is 4.24. The van der Waals surface area contributed by atoms with Crippen molar-refractivity contribution < 1.29 is 18.4 Å². The number of alkyl halides is 2. The van der Waals surface area contributed by atoms with Crippen LogP contribution in [0.3, 0.4) is 0 Å². The van der Waals surface area contributed by atoms with Crippen LogP contribution in [0.5, 0.6) is 5.88 Å². The van der Waals surface area contributed by atoms with Crippen LogP contribution >= 0.6 is 15.9 Å². The Morgan fingerprint density at radius 2 is 2.19 bits per heavy atom. The number of rotatable bonds is 3. The second-order valence-electron chi connectivity index (χ2n) is 5.17. The number of amidine groups is 1. The van der Waals surface area contributed by atoms with E-state index in [2.05, 4.69) is 31.4 Å². The molecule has 1 atom stereocenters. The fourth-order valence-electron chi connectivity index (χ4n) is 2.46. The number of pyridine rings is 1. The van der Waals surface area contributed by atoms with Crippen LogP contribution in [-0.4, -0.2) is 36.5 Å². The maximum absolute atomic E-state index is 13.0. The predicted molar refractivity (Wildman–Crippen MR) is 75.6 cm³/mol. The molecule has 1 aliphatic heterocycles. The topological polar surface area (TPSA) is 55.7 Å². The number of halogens is 3. The van der Waals surface area contributed by atoms with E-state index in [0.717, 1.165) is 4.47 Å². The molecule has 1 aromatic heterocycles. The van der Waals surface area contributed by atoms with Gasteiger partial charge in [0.1, 0.15) is 5.69 Å². The average molecular weight is 362 g/mol. The molecule has 2 heterocycles. The van der Waals surface area contributed by atoms with Crippen molar-refractivity contribution in [3.05, 3.63) is 22.3 Å². The molecule has 1 unspecified atom stereocenters. The van der Waals surface area contributed by atoms with Gasteiger partial charge in [0, 0.05) is 12.8 Å². The highest BCUT2D eigenvalue weighted by atomic mass is 79.9. The van der Waals surface area contributed by atoms with E-state index in [1.807, 2.05) is 0 Å². The lowest BCUT2D eigenvalue weighted by Crippen LogP contribution is -2.47. The SMILES string of the molecule is COc1nc(C2=NC(C3CC(F)(F)C3)CON2)ccc1Br. The molecule has 21 heavy (non-hydrogen) atoms. The van der Waals surface area contributed by atoms with Crippen LogP contribution < -0.4 is 10.2 Å². The number of hydroxylamine groups is 1. The van der Waals surface area contributed by atoms with Crippen molar-refractivity contribution in [1.29, 1.82) is 0 Å². The molecule has 0 radical (unpaired) electrons. The van der Waals surface area contributed by atoms with Gasteiger partial charge in [0.2, 0.25) is 11.8 Å². The van der Waals surface area contributed by atoms with Gasteiger partial charge >= 0.3 is 0 Å². The summed E-state index contributed by atoms with van der Waals surface area (Å²) < 4.78 is 31.8. The fourth-order valence-corrected chi connectivity index (χ4v) is 2.85. The van der Waals surface area contributed by atoms with E-state index in [0.29, 0.717) is 17.4 Å². The van der Waals surface area contributed by atoms with Gasteiger partial charge in [-0.15, -0.1) is 0 Å². The van der Waals surface area contributed by atoms with Crippen LogP contribution in [0, 0.1) is 5.92 Å². The molecule has 1 aliphatic carbocycles. The number of aromatic nitrogens is 1. The summed E-state index contributed by atoms with van der Waals surface area (Å²) in [7, 11) is 1.52. The van der Waals surface area contributed by atoms with Gasteiger partial charge in [-0.2, -0.15) is 0 Å². The highest BCUT2D eigenvalue weighted by Crippen LogP contribution is 2.45. The van der Waals surface area contributed by atoms with Gasteiger partial charge in [0.05, 0.1) is 24.2 Å². The first-order valence-electron chi connectivity index (χ1n) is 6.53. The van der Waals surface area contributed by atoms with Crippen molar-refractivity contribution in [3.63, 3.8) is 0 Å². The molecule has 114 valence electrons. The van der Waals surface area contributed by atoms with E-state index in [4.69, 9.17) is 9.57 Å². The maximum Gasteiger partial charge on any atom is 0.248 e. The molecule has 0 amide bonds. The number of hydrogen-bond donors (Lipinski definition) is 1. The first-order chi connectivity index (χ1) is 9.98. The number of hydrogen-bond acceptors (Lipinski definition) is 5. The third-order valence-electron chi connectivity index (χ3n) is 3.63. The molecule has 1 N–H and O–H groups in total. The van der Waals surface area contributed by atoms with Crippen molar-refractivity contribution in [3.8, 4) is 5.88 Å². The summed E-state index contributed by atoms with van der Waals surface area (Å²) in [5.41, 5.74) is 3.24. The zero-order chi connectivity index (χ0) is 15.0. The zero-order valence-electron chi connectivity index (χ0n) is 11.3. The van der Waals surface area contributed by atoms with Gasteiger partial charge in [-0.1, -0.05) is 0 Å². The van der Waals surface area contributed by atoms with E-state index < -0.39 is 5.92 Å². The summed E-state index contributed by atoms with van der Waals surface area (Å²) in [6, 6.07) is 3.27. The van der Waals surface area contributed by atoms with Gasteiger partial charge in [-0.25, -0.2) is 19.2 Å². The van der Waals surface area contributed by atoms with Crippen LogP contribution in [-0.2, 0) is 4.84 Å². The largest absolute Gasteiger partial charge is 0.480 e. The van der Waals surface area contributed by atoms with Gasteiger partial charge in [-0.05, 0) is 34.0 Å². The molecule has 0 aromatic carbocycles. The van der Waals surface area contributed by atoms with Gasteiger partial charge in [0.25, 0.3) is 0 Å². The van der Waals surface area contributed by atoms with Crippen molar-refractivity contribution in [1.82, 2.24) is 10.5 Å². The Morgan fingerprint density at radius 1 is 1.43 bits per heavy atom. The maximum atomic E-state index is 13.0. The number of nitrogens with zero attached hydrogens (tertiary/aromatic N) is 2. The molecule has 1 saturated carbocycles. The van der Waals surface area contributed by atoms with Crippen LogP contribution in [0.1, 0.15) is 18.5 Å². The highest BCUT2D eigenvalue weighted by molar-refractivity contribution is 9.10. The minimum Gasteiger partial charge on any atom is -0.480 e. The number of methoxy groups -OCH3 is 1. The Morgan fingerprint density at radius 3 is 2.86 bits per heavy atom. The van der Waals surface area contributed by atoms with Crippen LogP contribution in [0.2, 0.25) is 0 Å². The molecular formula is C13H14BrF2N3O2. The molecule has 0 spiro atoms. The van der Waals surface area contributed by atoms with Crippen LogP contribution in [0.4, 0.5) is 8.78 Å². The Kier molecular flexibility index (Phi) is 3.83. The zero-order valence-corrected chi connectivity index (χ0v) is 12.9. The average Bonchev–Trinajstić information content (AvgIpc) is 2.45. The molecule has 5 nitrogen and oxygen atoms in total. The van der Waals surface area contributed by atoms with E-state index in [9.17, 15) is 8.78 Å². The van der Waals surface area contributed by atoms with Crippen molar-refractivity contribution in [2.45, 2.75) is 24.8 Å². The molecule has 3 rings (SSSR count). The first kappa shape index (κ1) is 14.6. The minimum absolute atomic E-state index is 0.130. The Hall–Kier alpha value is -1.28. The van der Waals surface area contributed by atoms with E-state index in [1.54, 1.807) is 12.1 Å². The van der Waals surface area contributed by atoms with Gasteiger partial charge in [0.15, 0.2) is 5.84 Å². The fraction of sp³-hybridized carbons (Fsp3) is 0.538. The number of ether oxygens (including phenoxy) is 1. The minimum atomic E-state index is -2.55. The lowest BCUT2D eigenvalue weighted by atomic mass is 9.76. The molecule has 0 saturated heterocycles. The standard InChI is InChI=1S/C13H14BrF2N3O2/c1-20-12-8(14)2-3-9(18-12)11-17-10(6-21-19-11)7-4-13(15,16)5-7/h2-3,7,10H,4-6H2,1H3,(H,17,19). The Bertz CT molecular complexity index is 575. The predicted octanol–water partition coefficient (Wildman–Crippen LogP) is 2.55. The van der Waals surface area contributed by atoms with Crippen molar-refractivity contribution in [2.24, 2.45) is 10.9 Å². The third kappa shape index (κ3) is 3.01. The normalized spacial score (nSPS) is 24.8. The Labute approximate surface area is 128 Å². The lowest BCUT2D eigenvalue weighted by molar-refractivity contribution is -0.124. The molecule has 0 bridgehead atoms. The van der Waals surface area contributed by atoms with Crippen LogP contribution in [0.15, 0.2) is 21.6 Å². The van der Waals surface area contributed by atoms with Gasteiger partial charge < -0.3 is 4.74 Å². The number of aliphatic imine (C=N–C) groups is 1. The van der Waals surface area contributed by atoms with Gasteiger partial charge in [-0.3, -0.25) is 9.83 Å². The second kappa shape index (κ2) is 5.49. The quantitative estimate of drug-likeness (QED) is 0.898. The summed E-state index contributed by atoms with van der Waals surface area (Å²) in [5, 5.41) is 0. The summed E-state index contributed by atoms with van der Waals surface area (Å²) in [6.45, 7) is 0.290. The highest BCUT2D eigenvalue weighted by Gasteiger charge is 2.49. The smallest absolute Gasteiger partial charge is 0.248 e. The second-order valence-corrected chi connectivity index (χ2v) is 6.02. The van der Waals surface area contributed by atoms with E-state index in [1.165, 1.54) is 7.11 Å². The monoisotopic (exact) mass is 361 g/mol. The molecular weight excluding hydrogens is 348 g/mol. The summed E-state index contributed by atoms with van der Waals surface area (Å²) >= 11 is 3.32. The van der Waals surface area contributed by atoms with E-state index >= 15 is 0 Å². The molecule has 1 fully saturated rings. The molecule has 1 aromatic rings. The molecule has 8 heteroatoms. The van der Waals surface area contributed by atoms with Crippen molar-refractivity contribution >= 4 is 21.8 Å². The lowest BCUT2D eigenvalue weighted by Gasteiger charge is -2.39. The van der Waals surface area contributed by atoms with Crippen molar-refractivity contribution in [2.75, 3.05) is 13.7 Å². The van der Waals surface area contributed by atoms with E-state index in [-0.39, 0.29) is 31.4 Å². The Balaban J connectivity index is 1.80. The summed E-state index contributed by atoms with van der Waals surface area (Å²) in [4.78, 5) is 14.0. The summed E-state index contributed by atoms with van der Waals surface area (Å²) in [6.07, 6.45) is -0.260. The first-order valence-corrected chi connectivity index (χ1v) is 7.32. The number of nitrogens with one attached hydrogen (secondary N) is 1. The molecule has 2 aliphatic rings.